The molecule has 2 atom stereocenters. The van der Waals surface area contributed by atoms with Crippen molar-refractivity contribution in [2.45, 2.75) is 45.7 Å². The van der Waals surface area contributed by atoms with Gasteiger partial charge in [-0.15, -0.1) is 0 Å². The van der Waals surface area contributed by atoms with Crippen LogP contribution in [0, 0.1) is 25.7 Å². The predicted octanol–water partition coefficient (Wildman–Crippen LogP) is 3.73. The zero-order valence-electron chi connectivity index (χ0n) is 14.4. The van der Waals surface area contributed by atoms with Gasteiger partial charge in [-0.3, -0.25) is 9.59 Å². The molecule has 138 valence electrons. The lowest BCUT2D eigenvalue weighted by Gasteiger charge is -2.29. The number of para-hydroxylation sites is 1. The van der Waals surface area contributed by atoms with Gasteiger partial charge in [0, 0.05) is 11.6 Å². The lowest BCUT2D eigenvalue weighted by atomic mass is 9.80. The fraction of sp³-hybridized carbons (Fsp3) is 0.556. The molecule has 1 aliphatic carbocycles. The first-order valence-corrected chi connectivity index (χ1v) is 8.39. The standard InChI is InChI=1S/C18H23F3N2O2/c1-11-5-3-6-12(2)16(11)23-15(24)10-22-17(25)13-7-4-8-14(9-13)18(19,20)21/h3,5-6,13-14H,4,7-10H2,1-2H3,(H,22,25)(H,23,24)/t13-,14-/m1/s1. The molecule has 0 unspecified atom stereocenters. The van der Waals surface area contributed by atoms with E-state index in [1.54, 1.807) is 0 Å². The van der Waals surface area contributed by atoms with Crippen molar-refractivity contribution in [2.24, 2.45) is 11.8 Å². The molecule has 2 N–H and O–H groups in total. The summed E-state index contributed by atoms with van der Waals surface area (Å²) in [5, 5.41) is 5.20. The maximum absolute atomic E-state index is 12.8. The topological polar surface area (TPSA) is 58.2 Å². The van der Waals surface area contributed by atoms with Gasteiger partial charge in [0.25, 0.3) is 0 Å². The van der Waals surface area contributed by atoms with Crippen LogP contribution in [0.4, 0.5) is 18.9 Å². The summed E-state index contributed by atoms with van der Waals surface area (Å²) < 4.78 is 38.4. The summed E-state index contributed by atoms with van der Waals surface area (Å²) >= 11 is 0. The molecular formula is C18H23F3N2O2. The molecule has 0 bridgehead atoms. The summed E-state index contributed by atoms with van der Waals surface area (Å²) in [6.45, 7) is 3.47. The number of benzene rings is 1. The molecule has 1 saturated carbocycles. The van der Waals surface area contributed by atoms with Crippen molar-refractivity contribution in [1.29, 1.82) is 0 Å². The smallest absolute Gasteiger partial charge is 0.347 e. The molecule has 7 heteroatoms. The number of anilines is 1. The van der Waals surface area contributed by atoms with Crippen molar-refractivity contribution in [3.05, 3.63) is 29.3 Å². The quantitative estimate of drug-likeness (QED) is 0.864. The van der Waals surface area contributed by atoms with Crippen LogP contribution in [0.2, 0.25) is 0 Å². The highest BCUT2D eigenvalue weighted by Crippen LogP contribution is 2.39. The Morgan fingerprint density at radius 2 is 1.80 bits per heavy atom. The van der Waals surface area contributed by atoms with E-state index in [9.17, 15) is 22.8 Å². The van der Waals surface area contributed by atoms with Gasteiger partial charge in [0.2, 0.25) is 11.8 Å². The summed E-state index contributed by atoms with van der Waals surface area (Å²) in [5.41, 5.74) is 2.50. The second-order valence-corrected chi connectivity index (χ2v) is 6.63. The Hall–Kier alpha value is -2.05. The van der Waals surface area contributed by atoms with Crippen LogP contribution in [0.1, 0.15) is 36.8 Å². The average molecular weight is 356 g/mol. The molecule has 0 radical (unpaired) electrons. The van der Waals surface area contributed by atoms with E-state index in [1.165, 1.54) is 0 Å². The number of aryl methyl sites for hydroxylation is 2. The number of carbonyl (C=O) groups is 2. The SMILES string of the molecule is Cc1cccc(C)c1NC(=O)CNC(=O)[C@@H]1CCC[C@@H](C(F)(F)F)C1. The molecule has 0 aromatic heterocycles. The lowest BCUT2D eigenvalue weighted by molar-refractivity contribution is -0.186. The van der Waals surface area contributed by atoms with Crippen molar-refractivity contribution in [2.75, 3.05) is 11.9 Å². The molecule has 0 spiro atoms. The summed E-state index contributed by atoms with van der Waals surface area (Å²) in [4.78, 5) is 24.1. The van der Waals surface area contributed by atoms with Crippen molar-refractivity contribution in [3.8, 4) is 0 Å². The third-order valence-electron chi connectivity index (χ3n) is 4.68. The van der Waals surface area contributed by atoms with Gasteiger partial charge >= 0.3 is 6.18 Å². The van der Waals surface area contributed by atoms with Gasteiger partial charge in [0.15, 0.2) is 0 Å². The minimum atomic E-state index is -4.27. The lowest BCUT2D eigenvalue weighted by Crippen LogP contribution is -2.40. The Morgan fingerprint density at radius 1 is 1.16 bits per heavy atom. The van der Waals surface area contributed by atoms with Crippen LogP contribution in [0.25, 0.3) is 0 Å². The normalized spacial score (nSPS) is 20.8. The monoisotopic (exact) mass is 356 g/mol. The molecule has 1 aromatic carbocycles. The number of rotatable bonds is 4. The van der Waals surface area contributed by atoms with Crippen LogP contribution in [0.5, 0.6) is 0 Å². The third kappa shape index (κ3) is 5.21. The van der Waals surface area contributed by atoms with Gasteiger partial charge in [-0.05, 0) is 44.2 Å². The van der Waals surface area contributed by atoms with E-state index in [1.807, 2.05) is 32.0 Å². The van der Waals surface area contributed by atoms with Crippen LogP contribution in [-0.2, 0) is 9.59 Å². The van der Waals surface area contributed by atoms with Gasteiger partial charge < -0.3 is 10.6 Å². The Morgan fingerprint density at radius 3 is 2.40 bits per heavy atom. The Balaban J connectivity index is 1.86. The number of amides is 2. The van der Waals surface area contributed by atoms with Crippen molar-refractivity contribution >= 4 is 17.5 Å². The van der Waals surface area contributed by atoms with E-state index in [0.29, 0.717) is 18.5 Å². The molecule has 25 heavy (non-hydrogen) atoms. The van der Waals surface area contributed by atoms with Crippen LogP contribution >= 0.6 is 0 Å². The number of alkyl halides is 3. The fourth-order valence-corrected chi connectivity index (χ4v) is 3.23. The van der Waals surface area contributed by atoms with E-state index >= 15 is 0 Å². The molecule has 2 rings (SSSR count). The molecule has 0 saturated heterocycles. The van der Waals surface area contributed by atoms with Crippen molar-refractivity contribution < 1.29 is 22.8 Å². The number of hydrogen-bond acceptors (Lipinski definition) is 2. The second-order valence-electron chi connectivity index (χ2n) is 6.63. The van der Waals surface area contributed by atoms with Crippen molar-refractivity contribution in [3.63, 3.8) is 0 Å². The molecule has 0 aliphatic heterocycles. The van der Waals surface area contributed by atoms with Crippen LogP contribution in [0.15, 0.2) is 18.2 Å². The highest BCUT2D eigenvalue weighted by Gasteiger charge is 2.43. The minimum Gasteiger partial charge on any atom is -0.347 e. The largest absolute Gasteiger partial charge is 0.391 e. The number of nitrogens with one attached hydrogen (secondary N) is 2. The number of halogens is 3. The van der Waals surface area contributed by atoms with E-state index in [0.717, 1.165) is 11.1 Å². The number of hydrogen-bond donors (Lipinski definition) is 2. The molecule has 0 heterocycles. The molecule has 1 aliphatic rings. The third-order valence-corrected chi connectivity index (χ3v) is 4.68. The van der Waals surface area contributed by atoms with E-state index in [2.05, 4.69) is 10.6 Å². The fourth-order valence-electron chi connectivity index (χ4n) is 3.23. The molecular weight excluding hydrogens is 333 g/mol. The second kappa shape index (κ2) is 7.89. The zero-order chi connectivity index (χ0) is 18.6. The first-order valence-electron chi connectivity index (χ1n) is 8.39. The minimum absolute atomic E-state index is 0.0698. The van der Waals surface area contributed by atoms with E-state index < -0.39 is 29.8 Å². The molecule has 1 fully saturated rings. The predicted molar refractivity (Wildman–Crippen MR) is 89.1 cm³/mol. The highest BCUT2D eigenvalue weighted by atomic mass is 19.4. The summed E-state index contributed by atoms with van der Waals surface area (Å²) in [5.74, 6) is -2.99. The maximum atomic E-state index is 12.8. The maximum Gasteiger partial charge on any atom is 0.391 e. The summed E-state index contributed by atoms with van der Waals surface area (Å²) in [7, 11) is 0. The van der Waals surface area contributed by atoms with Crippen molar-refractivity contribution in [1.82, 2.24) is 5.32 Å². The van der Waals surface area contributed by atoms with Crippen LogP contribution in [0.3, 0.4) is 0 Å². The van der Waals surface area contributed by atoms with Gasteiger partial charge in [-0.2, -0.15) is 13.2 Å². The first kappa shape index (κ1) is 19.3. The van der Waals surface area contributed by atoms with Gasteiger partial charge in [0.1, 0.15) is 0 Å². The number of carbonyl (C=O) groups excluding carboxylic acids is 2. The van der Waals surface area contributed by atoms with Gasteiger partial charge in [-0.25, -0.2) is 0 Å². The molecule has 4 nitrogen and oxygen atoms in total. The first-order chi connectivity index (χ1) is 11.7. The van der Waals surface area contributed by atoms with E-state index in [-0.39, 0.29) is 19.4 Å². The summed E-state index contributed by atoms with van der Waals surface area (Å²) in [6, 6.07) is 5.60. The Bertz CT molecular complexity index is 623. The average Bonchev–Trinajstić information content (AvgIpc) is 2.55. The molecule has 2 amide bonds. The van der Waals surface area contributed by atoms with Crippen LogP contribution < -0.4 is 10.6 Å². The molecule has 1 aromatic rings. The van der Waals surface area contributed by atoms with E-state index in [4.69, 9.17) is 0 Å². The zero-order valence-corrected chi connectivity index (χ0v) is 14.4. The van der Waals surface area contributed by atoms with Gasteiger partial charge in [-0.1, -0.05) is 24.6 Å². The Kier molecular flexibility index (Phi) is 6.08. The van der Waals surface area contributed by atoms with Crippen LogP contribution in [-0.4, -0.2) is 24.5 Å². The van der Waals surface area contributed by atoms with Gasteiger partial charge in [0.05, 0.1) is 12.5 Å². The Labute approximate surface area is 145 Å². The highest BCUT2D eigenvalue weighted by molar-refractivity contribution is 5.96. The summed E-state index contributed by atoms with van der Waals surface area (Å²) in [6.07, 6.45) is -3.60.